The van der Waals surface area contributed by atoms with Crippen LogP contribution in [-0.4, -0.2) is 52.9 Å². The van der Waals surface area contributed by atoms with Crippen molar-refractivity contribution in [1.29, 1.82) is 0 Å². The molecular weight excluding hydrogens is 282 g/mol. The maximum atomic E-state index is 12.4. The van der Waals surface area contributed by atoms with Gasteiger partial charge in [0.25, 0.3) is 5.91 Å². The number of nitrogens with zero attached hydrogens (tertiary/aromatic N) is 2. The summed E-state index contributed by atoms with van der Waals surface area (Å²) in [6.45, 7) is 1.40. The van der Waals surface area contributed by atoms with Crippen LogP contribution in [0.5, 0.6) is 5.75 Å². The van der Waals surface area contributed by atoms with Crippen molar-refractivity contribution in [1.82, 2.24) is 15.1 Å². The van der Waals surface area contributed by atoms with Gasteiger partial charge < -0.3 is 14.7 Å². The number of carbonyl (C=O) groups is 1. The van der Waals surface area contributed by atoms with Gasteiger partial charge in [-0.15, -0.1) is 0 Å². The van der Waals surface area contributed by atoms with Crippen molar-refractivity contribution < 1.29 is 14.6 Å². The van der Waals surface area contributed by atoms with E-state index in [4.69, 9.17) is 9.84 Å². The van der Waals surface area contributed by atoms with Gasteiger partial charge in [0.1, 0.15) is 11.4 Å². The van der Waals surface area contributed by atoms with Gasteiger partial charge in [-0.05, 0) is 24.6 Å². The highest BCUT2D eigenvalue weighted by atomic mass is 16.5. The van der Waals surface area contributed by atoms with E-state index in [1.54, 1.807) is 18.1 Å². The molecule has 1 amide bonds. The minimum atomic E-state index is -0.0717. The van der Waals surface area contributed by atoms with Crippen LogP contribution >= 0.6 is 0 Å². The first-order valence-electron chi connectivity index (χ1n) is 7.31. The number of H-pyrrole nitrogens is 1. The molecule has 0 saturated carbocycles. The summed E-state index contributed by atoms with van der Waals surface area (Å²) < 4.78 is 5.20. The molecule has 0 bridgehead atoms. The summed E-state index contributed by atoms with van der Waals surface area (Å²) >= 11 is 0. The van der Waals surface area contributed by atoms with Crippen molar-refractivity contribution in [3.8, 4) is 17.0 Å². The zero-order valence-corrected chi connectivity index (χ0v) is 12.5. The molecule has 0 spiro atoms. The number of aliphatic hydroxyl groups is 1. The molecule has 2 aromatic rings. The van der Waals surface area contributed by atoms with Crippen LogP contribution in [0.2, 0.25) is 0 Å². The van der Waals surface area contributed by atoms with E-state index in [2.05, 4.69) is 10.2 Å². The lowest BCUT2D eigenvalue weighted by atomic mass is 10.1. The second kappa shape index (κ2) is 6.19. The van der Waals surface area contributed by atoms with Gasteiger partial charge in [-0.1, -0.05) is 12.1 Å². The molecule has 1 fully saturated rings. The first-order valence-corrected chi connectivity index (χ1v) is 7.31. The average molecular weight is 301 g/mol. The number of rotatable bonds is 4. The maximum absolute atomic E-state index is 12.4. The van der Waals surface area contributed by atoms with Crippen molar-refractivity contribution >= 4 is 5.91 Å². The molecule has 1 atom stereocenters. The number of ether oxygens (including phenoxy) is 1. The molecule has 2 heterocycles. The molecule has 2 N–H and O–H groups in total. The molecular formula is C16H19N3O3. The van der Waals surface area contributed by atoms with Gasteiger partial charge in [0.05, 0.1) is 12.8 Å². The number of hydrogen-bond donors (Lipinski definition) is 2. The fourth-order valence-electron chi connectivity index (χ4n) is 2.70. The Bertz CT molecular complexity index is 668. The number of nitrogens with one attached hydrogen (secondary N) is 1. The standard InChI is InChI=1S/C16H19N3O3/c1-22-13-4-2-3-12(7-13)14-8-15(18-17-14)16(21)19-6-5-11(9-19)10-20/h2-4,7-8,11,20H,5-6,9-10H2,1H3,(H,17,18). The normalized spacial score (nSPS) is 17.7. The molecule has 0 radical (unpaired) electrons. The number of carbonyl (C=O) groups excluding carboxylic acids is 1. The molecule has 1 aliphatic heterocycles. The summed E-state index contributed by atoms with van der Waals surface area (Å²) in [4.78, 5) is 14.2. The van der Waals surface area contributed by atoms with Crippen LogP contribution in [-0.2, 0) is 0 Å². The highest BCUT2D eigenvalue weighted by molar-refractivity contribution is 5.93. The Morgan fingerprint density at radius 1 is 1.50 bits per heavy atom. The van der Waals surface area contributed by atoms with Crippen molar-refractivity contribution in [2.75, 3.05) is 26.8 Å². The molecule has 1 unspecified atom stereocenters. The number of methoxy groups -OCH3 is 1. The number of likely N-dealkylation sites (tertiary alicyclic amines) is 1. The molecule has 1 saturated heterocycles. The zero-order chi connectivity index (χ0) is 15.5. The Balaban J connectivity index is 1.77. The minimum Gasteiger partial charge on any atom is -0.497 e. The van der Waals surface area contributed by atoms with E-state index in [0.29, 0.717) is 24.5 Å². The monoisotopic (exact) mass is 301 g/mol. The molecule has 1 aromatic carbocycles. The topological polar surface area (TPSA) is 78.5 Å². The molecule has 22 heavy (non-hydrogen) atoms. The summed E-state index contributed by atoms with van der Waals surface area (Å²) in [7, 11) is 1.61. The number of aromatic amines is 1. The van der Waals surface area contributed by atoms with E-state index in [-0.39, 0.29) is 18.4 Å². The smallest absolute Gasteiger partial charge is 0.271 e. The van der Waals surface area contributed by atoms with Crippen LogP contribution in [0.3, 0.4) is 0 Å². The number of hydrogen-bond acceptors (Lipinski definition) is 4. The lowest BCUT2D eigenvalue weighted by molar-refractivity contribution is 0.0776. The second-order valence-corrected chi connectivity index (χ2v) is 5.49. The fraction of sp³-hybridized carbons (Fsp3) is 0.375. The van der Waals surface area contributed by atoms with E-state index in [1.807, 2.05) is 24.3 Å². The molecule has 3 rings (SSSR count). The summed E-state index contributed by atoms with van der Waals surface area (Å²) in [6, 6.07) is 9.30. The highest BCUT2D eigenvalue weighted by Crippen LogP contribution is 2.24. The second-order valence-electron chi connectivity index (χ2n) is 5.49. The van der Waals surface area contributed by atoms with E-state index >= 15 is 0 Å². The van der Waals surface area contributed by atoms with Crippen LogP contribution in [0.25, 0.3) is 11.3 Å². The Hall–Kier alpha value is -2.34. The molecule has 0 aliphatic carbocycles. The first-order chi connectivity index (χ1) is 10.7. The van der Waals surface area contributed by atoms with E-state index < -0.39 is 0 Å². The van der Waals surface area contributed by atoms with Crippen LogP contribution in [0, 0.1) is 5.92 Å². The molecule has 6 nitrogen and oxygen atoms in total. The van der Waals surface area contributed by atoms with Crippen molar-refractivity contribution in [2.45, 2.75) is 6.42 Å². The van der Waals surface area contributed by atoms with E-state index in [9.17, 15) is 4.79 Å². The summed E-state index contributed by atoms with van der Waals surface area (Å²) in [6.07, 6.45) is 0.846. The van der Waals surface area contributed by atoms with Crippen molar-refractivity contribution in [3.63, 3.8) is 0 Å². The molecule has 1 aromatic heterocycles. The summed E-state index contributed by atoms with van der Waals surface area (Å²) in [5.74, 6) is 0.862. The van der Waals surface area contributed by atoms with Crippen molar-refractivity contribution in [2.24, 2.45) is 5.92 Å². The Morgan fingerprint density at radius 3 is 3.09 bits per heavy atom. The highest BCUT2D eigenvalue weighted by Gasteiger charge is 2.27. The van der Waals surface area contributed by atoms with Gasteiger partial charge in [-0.2, -0.15) is 5.10 Å². The summed E-state index contributed by atoms with van der Waals surface area (Å²) in [5.41, 5.74) is 2.07. The third-order valence-electron chi connectivity index (χ3n) is 4.01. The van der Waals surface area contributed by atoms with Gasteiger partial charge in [0.2, 0.25) is 0 Å². The Morgan fingerprint density at radius 2 is 2.36 bits per heavy atom. The van der Waals surface area contributed by atoms with Crippen LogP contribution in [0.1, 0.15) is 16.9 Å². The Kier molecular flexibility index (Phi) is 4.11. The van der Waals surface area contributed by atoms with E-state index in [0.717, 1.165) is 17.7 Å². The van der Waals surface area contributed by atoms with Gasteiger partial charge in [-0.3, -0.25) is 9.89 Å². The van der Waals surface area contributed by atoms with Gasteiger partial charge >= 0.3 is 0 Å². The fourth-order valence-corrected chi connectivity index (χ4v) is 2.70. The molecule has 1 aliphatic rings. The molecule has 116 valence electrons. The van der Waals surface area contributed by atoms with Crippen LogP contribution < -0.4 is 4.74 Å². The Labute approximate surface area is 128 Å². The predicted octanol–water partition coefficient (Wildman–Crippen LogP) is 1.54. The zero-order valence-electron chi connectivity index (χ0n) is 12.5. The number of aliphatic hydroxyl groups excluding tert-OH is 1. The predicted molar refractivity (Wildman–Crippen MR) is 81.7 cm³/mol. The lowest BCUT2D eigenvalue weighted by Crippen LogP contribution is -2.29. The van der Waals surface area contributed by atoms with Crippen LogP contribution in [0.4, 0.5) is 0 Å². The van der Waals surface area contributed by atoms with Crippen LogP contribution in [0.15, 0.2) is 30.3 Å². The van der Waals surface area contributed by atoms with Gasteiger partial charge in [0, 0.05) is 31.2 Å². The van der Waals surface area contributed by atoms with Gasteiger partial charge in [0.15, 0.2) is 0 Å². The third kappa shape index (κ3) is 2.82. The minimum absolute atomic E-state index is 0.0717. The van der Waals surface area contributed by atoms with Crippen molar-refractivity contribution in [3.05, 3.63) is 36.0 Å². The number of amides is 1. The number of aromatic nitrogens is 2. The summed E-state index contributed by atoms with van der Waals surface area (Å²) in [5, 5.41) is 16.2. The first kappa shape index (κ1) is 14.6. The quantitative estimate of drug-likeness (QED) is 0.898. The lowest BCUT2D eigenvalue weighted by Gasteiger charge is -2.14. The third-order valence-corrected chi connectivity index (χ3v) is 4.01. The largest absolute Gasteiger partial charge is 0.497 e. The van der Waals surface area contributed by atoms with E-state index in [1.165, 1.54) is 0 Å². The van der Waals surface area contributed by atoms with Gasteiger partial charge in [-0.25, -0.2) is 0 Å². The number of benzene rings is 1. The average Bonchev–Trinajstić information content (AvgIpc) is 3.23. The molecule has 6 heteroatoms. The SMILES string of the molecule is COc1cccc(-c2cc(C(=O)N3CCC(CO)C3)[nH]n2)c1. The maximum Gasteiger partial charge on any atom is 0.271 e.